The Balaban J connectivity index is 1.93. The van der Waals surface area contributed by atoms with Crippen LogP contribution in [0.4, 0.5) is 0 Å². The Kier molecular flexibility index (Phi) is 5.59. The van der Waals surface area contributed by atoms with E-state index < -0.39 is 0 Å². The SMILES string of the molecule is C=CCOc1ccccc1CNCC(C)(C)c1cccs1. The largest absolute Gasteiger partial charge is 0.489 e. The van der Waals surface area contributed by atoms with Gasteiger partial charge in [-0.05, 0) is 17.5 Å². The van der Waals surface area contributed by atoms with Crippen LogP contribution in [0.5, 0.6) is 5.75 Å². The van der Waals surface area contributed by atoms with E-state index in [9.17, 15) is 0 Å². The van der Waals surface area contributed by atoms with Gasteiger partial charge in [-0.15, -0.1) is 11.3 Å². The molecule has 2 aromatic rings. The van der Waals surface area contributed by atoms with Gasteiger partial charge in [0.1, 0.15) is 12.4 Å². The van der Waals surface area contributed by atoms with Gasteiger partial charge >= 0.3 is 0 Å². The van der Waals surface area contributed by atoms with Crippen LogP contribution in [0, 0.1) is 0 Å². The zero-order valence-corrected chi connectivity index (χ0v) is 13.6. The van der Waals surface area contributed by atoms with Gasteiger partial charge in [-0.25, -0.2) is 0 Å². The molecule has 0 saturated carbocycles. The molecule has 0 aliphatic carbocycles. The van der Waals surface area contributed by atoms with Crippen LogP contribution in [0.25, 0.3) is 0 Å². The molecular weight excluding hydrogens is 278 g/mol. The molecule has 1 aromatic carbocycles. The smallest absolute Gasteiger partial charge is 0.124 e. The molecule has 0 radical (unpaired) electrons. The monoisotopic (exact) mass is 301 g/mol. The second-order valence-corrected chi connectivity index (χ2v) is 6.62. The Labute approximate surface area is 131 Å². The average molecular weight is 301 g/mol. The van der Waals surface area contributed by atoms with E-state index in [-0.39, 0.29) is 5.41 Å². The highest BCUT2D eigenvalue weighted by Gasteiger charge is 2.21. The van der Waals surface area contributed by atoms with Gasteiger partial charge in [-0.2, -0.15) is 0 Å². The van der Waals surface area contributed by atoms with E-state index in [1.165, 1.54) is 10.4 Å². The zero-order chi connectivity index (χ0) is 15.1. The highest BCUT2D eigenvalue weighted by molar-refractivity contribution is 7.10. The summed E-state index contributed by atoms with van der Waals surface area (Å²) >= 11 is 1.81. The van der Waals surface area contributed by atoms with Crippen molar-refractivity contribution in [3.05, 3.63) is 64.9 Å². The molecule has 21 heavy (non-hydrogen) atoms. The summed E-state index contributed by atoms with van der Waals surface area (Å²) in [5.74, 6) is 0.929. The highest BCUT2D eigenvalue weighted by atomic mass is 32.1. The molecule has 1 N–H and O–H groups in total. The van der Waals surface area contributed by atoms with Gasteiger partial charge in [0.25, 0.3) is 0 Å². The molecule has 3 heteroatoms. The lowest BCUT2D eigenvalue weighted by atomic mass is 9.91. The number of hydrogen-bond acceptors (Lipinski definition) is 3. The first-order valence-corrected chi connectivity index (χ1v) is 8.08. The molecule has 0 bridgehead atoms. The van der Waals surface area contributed by atoms with Crippen molar-refractivity contribution < 1.29 is 4.74 Å². The number of thiophene rings is 1. The van der Waals surface area contributed by atoms with Gasteiger partial charge in [0.2, 0.25) is 0 Å². The van der Waals surface area contributed by atoms with Crippen molar-refractivity contribution in [3.63, 3.8) is 0 Å². The van der Waals surface area contributed by atoms with Gasteiger partial charge in [0.05, 0.1) is 0 Å². The molecular formula is C18H23NOS. The fourth-order valence-electron chi connectivity index (χ4n) is 2.20. The van der Waals surface area contributed by atoms with Crippen molar-refractivity contribution in [2.75, 3.05) is 13.2 Å². The van der Waals surface area contributed by atoms with Gasteiger partial charge in [0.15, 0.2) is 0 Å². The van der Waals surface area contributed by atoms with Crippen molar-refractivity contribution in [1.29, 1.82) is 0 Å². The minimum absolute atomic E-state index is 0.144. The molecule has 0 saturated heterocycles. The molecule has 0 aliphatic heterocycles. The van der Waals surface area contributed by atoms with E-state index in [1.54, 1.807) is 6.08 Å². The summed E-state index contributed by atoms with van der Waals surface area (Å²) in [6.07, 6.45) is 1.77. The first-order valence-electron chi connectivity index (χ1n) is 7.20. The summed E-state index contributed by atoms with van der Waals surface area (Å²) in [6, 6.07) is 12.5. The van der Waals surface area contributed by atoms with E-state index in [1.807, 2.05) is 29.5 Å². The number of para-hydroxylation sites is 1. The first-order chi connectivity index (χ1) is 10.1. The van der Waals surface area contributed by atoms with Crippen molar-refractivity contribution in [1.82, 2.24) is 5.32 Å². The molecule has 2 nitrogen and oxygen atoms in total. The summed E-state index contributed by atoms with van der Waals surface area (Å²) in [5, 5.41) is 5.68. The van der Waals surface area contributed by atoms with Gasteiger partial charge in [-0.1, -0.05) is 50.8 Å². The lowest BCUT2D eigenvalue weighted by Gasteiger charge is -2.24. The van der Waals surface area contributed by atoms with Crippen LogP contribution in [0.1, 0.15) is 24.3 Å². The molecule has 112 valence electrons. The maximum Gasteiger partial charge on any atom is 0.124 e. The Bertz CT molecular complexity index is 560. The maximum atomic E-state index is 5.69. The van der Waals surface area contributed by atoms with Crippen molar-refractivity contribution in [3.8, 4) is 5.75 Å². The minimum atomic E-state index is 0.144. The molecule has 0 amide bonds. The average Bonchev–Trinajstić information content (AvgIpc) is 3.01. The molecule has 0 spiro atoms. The van der Waals surface area contributed by atoms with E-state index in [2.05, 4.69) is 49.3 Å². The second-order valence-electron chi connectivity index (χ2n) is 5.67. The maximum absolute atomic E-state index is 5.69. The number of nitrogens with one attached hydrogen (secondary N) is 1. The number of hydrogen-bond donors (Lipinski definition) is 1. The Hall–Kier alpha value is -1.58. The van der Waals surface area contributed by atoms with Gasteiger partial charge in [-0.3, -0.25) is 0 Å². The van der Waals surface area contributed by atoms with Crippen LogP contribution >= 0.6 is 11.3 Å². The molecule has 2 rings (SSSR count). The topological polar surface area (TPSA) is 21.3 Å². The second kappa shape index (κ2) is 7.43. The van der Waals surface area contributed by atoms with E-state index in [0.717, 1.165) is 18.8 Å². The van der Waals surface area contributed by atoms with Crippen LogP contribution in [0.15, 0.2) is 54.4 Å². The number of ether oxygens (including phenoxy) is 1. The van der Waals surface area contributed by atoms with Crippen LogP contribution in [-0.2, 0) is 12.0 Å². The van der Waals surface area contributed by atoms with E-state index >= 15 is 0 Å². The highest BCUT2D eigenvalue weighted by Crippen LogP contribution is 2.27. The number of rotatable bonds is 8. The number of benzene rings is 1. The summed E-state index contributed by atoms with van der Waals surface area (Å²) in [4.78, 5) is 1.41. The first kappa shape index (κ1) is 15.8. The standard InChI is InChI=1S/C18H23NOS/c1-4-11-20-16-9-6-5-8-15(16)13-19-14-18(2,3)17-10-7-12-21-17/h4-10,12,19H,1,11,13-14H2,2-3H3. The van der Waals surface area contributed by atoms with E-state index in [0.29, 0.717) is 6.61 Å². The molecule has 1 aromatic heterocycles. The van der Waals surface area contributed by atoms with Crippen LogP contribution in [0.3, 0.4) is 0 Å². The van der Waals surface area contributed by atoms with Gasteiger partial charge < -0.3 is 10.1 Å². The van der Waals surface area contributed by atoms with Crippen LogP contribution in [0.2, 0.25) is 0 Å². The van der Waals surface area contributed by atoms with Crippen LogP contribution in [-0.4, -0.2) is 13.2 Å². The Morgan fingerprint density at radius 2 is 2.05 bits per heavy atom. The minimum Gasteiger partial charge on any atom is -0.489 e. The predicted octanol–water partition coefficient (Wildman–Crippen LogP) is 4.38. The quantitative estimate of drug-likeness (QED) is 0.731. The summed E-state index contributed by atoms with van der Waals surface area (Å²) in [6.45, 7) is 10.5. The Morgan fingerprint density at radius 1 is 1.24 bits per heavy atom. The lowest BCUT2D eigenvalue weighted by molar-refractivity contribution is 0.356. The summed E-state index contributed by atoms with van der Waals surface area (Å²) in [5.41, 5.74) is 1.33. The summed E-state index contributed by atoms with van der Waals surface area (Å²) < 4.78 is 5.69. The molecule has 0 fully saturated rings. The molecule has 0 atom stereocenters. The lowest BCUT2D eigenvalue weighted by Crippen LogP contribution is -2.32. The zero-order valence-electron chi connectivity index (χ0n) is 12.8. The predicted molar refractivity (Wildman–Crippen MR) is 91.2 cm³/mol. The third kappa shape index (κ3) is 4.45. The third-order valence-electron chi connectivity index (χ3n) is 3.40. The molecule has 0 aliphatic rings. The fourth-order valence-corrected chi connectivity index (χ4v) is 3.05. The fraction of sp³-hybridized carbons (Fsp3) is 0.333. The molecule has 0 unspecified atom stereocenters. The molecule has 1 heterocycles. The van der Waals surface area contributed by atoms with Crippen molar-refractivity contribution in [2.24, 2.45) is 0 Å². The van der Waals surface area contributed by atoms with E-state index in [4.69, 9.17) is 4.74 Å². The summed E-state index contributed by atoms with van der Waals surface area (Å²) in [7, 11) is 0. The Morgan fingerprint density at radius 3 is 2.76 bits per heavy atom. The normalized spacial score (nSPS) is 11.3. The third-order valence-corrected chi connectivity index (χ3v) is 4.64. The van der Waals surface area contributed by atoms with Crippen molar-refractivity contribution in [2.45, 2.75) is 25.8 Å². The van der Waals surface area contributed by atoms with Crippen molar-refractivity contribution >= 4 is 11.3 Å². The van der Waals surface area contributed by atoms with Crippen LogP contribution < -0.4 is 10.1 Å². The van der Waals surface area contributed by atoms with Gasteiger partial charge in [0, 0.05) is 28.9 Å².